The number of amides is 2. The van der Waals surface area contributed by atoms with Gasteiger partial charge in [0.2, 0.25) is 0 Å². The molecule has 0 spiro atoms. The predicted octanol–water partition coefficient (Wildman–Crippen LogP) is 2.77. The molecule has 2 aromatic heterocycles. The van der Waals surface area contributed by atoms with Crippen LogP contribution in [0.1, 0.15) is 0 Å². The summed E-state index contributed by atoms with van der Waals surface area (Å²) in [5.74, 6) is 2.48. The summed E-state index contributed by atoms with van der Waals surface area (Å²) in [6.45, 7) is 7.01. The van der Waals surface area contributed by atoms with E-state index in [0.29, 0.717) is 30.4 Å². The van der Waals surface area contributed by atoms with Crippen LogP contribution in [0.5, 0.6) is 0 Å². The Morgan fingerprint density at radius 1 is 0.800 bits per heavy atom. The van der Waals surface area contributed by atoms with E-state index in [0.717, 1.165) is 56.5 Å². The molecule has 2 saturated heterocycles. The van der Waals surface area contributed by atoms with Gasteiger partial charge in [-0.05, 0) is 49.5 Å². The van der Waals surface area contributed by atoms with Crippen LogP contribution in [-0.2, 0) is 4.74 Å². The molecule has 2 aliphatic heterocycles. The molecule has 35 heavy (non-hydrogen) atoms. The Bertz CT molecular complexity index is 1120. The number of pyridine rings is 1. The summed E-state index contributed by atoms with van der Waals surface area (Å²) < 4.78 is 5.42. The molecule has 5 rings (SSSR count). The number of benzene rings is 1. The van der Waals surface area contributed by atoms with E-state index >= 15 is 0 Å². The number of nitrogens with one attached hydrogen (secondary N) is 2. The van der Waals surface area contributed by atoms with Gasteiger partial charge in [0, 0.05) is 56.7 Å². The summed E-state index contributed by atoms with van der Waals surface area (Å²) in [7, 11) is 2.13. The Morgan fingerprint density at radius 3 is 2.20 bits per heavy atom. The summed E-state index contributed by atoms with van der Waals surface area (Å²) >= 11 is 0. The number of nitrogens with zero attached hydrogens (tertiary/aromatic N) is 6. The van der Waals surface area contributed by atoms with E-state index in [1.54, 1.807) is 12.4 Å². The summed E-state index contributed by atoms with van der Waals surface area (Å²) in [4.78, 5) is 32.9. The lowest BCUT2D eigenvalue weighted by molar-refractivity contribution is 0.122. The van der Waals surface area contributed by atoms with Crippen molar-refractivity contribution in [3.8, 4) is 11.4 Å². The fourth-order valence-corrected chi connectivity index (χ4v) is 4.14. The molecule has 2 amide bonds. The second-order valence-corrected chi connectivity index (χ2v) is 8.69. The van der Waals surface area contributed by atoms with Crippen molar-refractivity contribution in [1.82, 2.24) is 19.9 Å². The van der Waals surface area contributed by atoms with E-state index in [1.165, 1.54) is 0 Å². The average Bonchev–Trinajstić information content (AvgIpc) is 2.91. The zero-order chi connectivity index (χ0) is 24.0. The Labute approximate surface area is 204 Å². The number of hydrogen-bond donors (Lipinski definition) is 2. The Kier molecular flexibility index (Phi) is 7.01. The topological polar surface area (TPSA) is 98.8 Å². The Hall–Kier alpha value is -3.76. The van der Waals surface area contributed by atoms with Crippen molar-refractivity contribution in [2.24, 2.45) is 0 Å². The third-order valence-corrected chi connectivity index (χ3v) is 6.21. The molecule has 0 bridgehead atoms. The lowest BCUT2D eigenvalue weighted by Gasteiger charge is -2.33. The predicted molar refractivity (Wildman–Crippen MR) is 137 cm³/mol. The van der Waals surface area contributed by atoms with Gasteiger partial charge in [-0.3, -0.25) is 0 Å². The number of ether oxygens (including phenoxy) is 1. The number of morpholine rings is 1. The molecule has 2 aliphatic rings. The van der Waals surface area contributed by atoms with Crippen molar-refractivity contribution in [2.45, 2.75) is 0 Å². The smallest absolute Gasteiger partial charge is 0.323 e. The molecule has 182 valence electrons. The number of anilines is 4. The molecule has 4 heterocycles. The molecule has 10 nitrogen and oxygen atoms in total. The minimum atomic E-state index is -0.322. The van der Waals surface area contributed by atoms with Gasteiger partial charge in [0.15, 0.2) is 5.82 Å². The highest BCUT2D eigenvalue weighted by atomic mass is 16.5. The quantitative estimate of drug-likeness (QED) is 0.583. The highest BCUT2D eigenvalue weighted by molar-refractivity contribution is 5.99. The first-order chi connectivity index (χ1) is 17.1. The van der Waals surface area contributed by atoms with Crippen molar-refractivity contribution >= 4 is 29.0 Å². The molecule has 3 aromatic rings. The number of rotatable bonds is 5. The number of urea groups is 1. The van der Waals surface area contributed by atoms with Crippen LogP contribution < -0.4 is 20.4 Å². The molecular formula is C25H30N8O2. The number of likely N-dealkylation sites (N-methyl/N-ethyl adjacent to an activating group) is 1. The number of hydrogen-bond acceptors (Lipinski definition) is 8. The van der Waals surface area contributed by atoms with Crippen LogP contribution in [0.3, 0.4) is 0 Å². The second kappa shape index (κ2) is 10.7. The maximum atomic E-state index is 12.5. The van der Waals surface area contributed by atoms with E-state index in [1.807, 2.05) is 42.5 Å². The molecule has 0 saturated carbocycles. The highest BCUT2D eigenvalue weighted by Crippen LogP contribution is 2.21. The van der Waals surface area contributed by atoms with Crippen LogP contribution in [0, 0.1) is 0 Å². The molecule has 0 radical (unpaired) electrons. The third-order valence-electron chi connectivity index (χ3n) is 6.21. The van der Waals surface area contributed by atoms with E-state index in [-0.39, 0.29) is 6.03 Å². The maximum Gasteiger partial charge on any atom is 0.323 e. The largest absolute Gasteiger partial charge is 0.378 e. The Balaban J connectivity index is 1.16. The van der Waals surface area contributed by atoms with E-state index < -0.39 is 0 Å². The summed E-state index contributed by atoms with van der Waals surface area (Å²) in [6, 6.07) is 12.9. The van der Waals surface area contributed by atoms with Gasteiger partial charge >= 0.3 is 6.03 Å². The first-order valence-electron chi connectivity index (χ1n) is 11.9. The van der Waals surface area contributed by atoms with Gasteiger partial charge in [-0.1, -0.05) is 0 Å². The van der Waals surface area contributed by atoms with E-state index in [4.69, 9.17) is 9.72 Å². The van der Waals surface area contributed by atoms with E-state index in [2.05, 4.69) is 42.3 Å². The van der Waals surface area contributed by atoms with Gasteiger partial charge in [0.25, 0.3) is 0 Å². The van der Waals surface area contributed by atoms with Crippen molar-refractivity contribution < 1.29 is 9.53 Å². The molecular weight excluding hydrogens is 444 g/mol. The summed E-state index contributed by atoms with van der Waals surface area (Å²) in [5.41, 5.74) is 2.21. The van der Waals surface area contributed by atoms with Crippen molar-refractivity contribution in [1.29, 1.82) is 0 Å². The summed E-state index contributed by atoms with van der Waals surface area (Å²) in [5, 5.41) is 5.70. The zero-order valence-electron chi connectivity index (χ0n) is 19.9. The first-order valence-corrected chi connectivity index (χ1v) is 11.9. The maximum absolute atomic E-state index is 12.5. The van der Waals surface area contributed by atoms with Gasteiger partial charge in [-0.25, -0.2) is 19.7 Å². The van der Waals surface area contributed by atoms with Crippen molar-refractivity contribution in [3.63, 3.8) is 0 Å². The van der Waals surface area contributed by atoms with Gasteiger partial charge in [0.05, 0.1) is 25.1 Å². The van der Waals surface area contributed by atoms with Gasteiger partial charge in [0.1, 0.15) is 11.6 Å². The number of carbonyl (C=O) groups is 1. The number of carbonyl (C=O) groups excluding carboxylic acids is 1. The van der Waals surface area contributed by atoms with Crippen LogP contribution in [0.25, 0.3) is 11.4 Å². The van der Waals surface area contributed by atoms with Crippen LogP contribution in [0.15, 0.2) is 54.9 Å². The van der Waals surface area contributed by atoms with Gasteiger partial charge in [-0.2, -0.15) is 0 Å². The minimum absolute atomic E-state index is 0.322. The molecule has 0 aliphatic carbocycles. The van der Waals surface area contributed by atoms with Gasteiger partial charge < -0.3 is 30.1 Å². The van der Waals surface area contributed by atoms with Gasteiger partial charge in [-0.15, -0.1) is 0 Å². The highest BCUT2D eigenvalue weighted by Gasteiger charge is 2.16. The fraction of sp³-hybridized carbons (Fsp3) is 0.360. The fourth-order valence-electron chi connectivity index (χ4n) is 4.14. The number of aromatic nitrogens is 3. The van der Waals surface area contributed by atoms with Crippen molar-refractivity contribution in [3.05, 3.63) is 54.9 Å². The second-order valence-electron chi connectivity index (χ2n) is 8.69. The average molecular weight is 475 g/mol. The van der Waals surface area contributed by atoms with Crippen molar-refractivity contribution in [2.75, 3.05) is 80.0 Å². The SMILES string of the molecule is CN1CCN(c2ccc(NC(=O)Nc3ccc(-c4nccc(N5CCOCC5)n4)cc3)cn2)CC1. The lowest BCUT2D eigenvalue weighted by Crippen LogP contribution is -2.44. The molecule has 2 N–H and O–H groups in total. The molecule has 10 heteroatoms. The third kappa shape index (κ3) is 5.84. The number of piperazine rings is 1. The molecule has 0 unspecified atom stereocenters. The van der Waals surface area contributed by atoms with Crippen LogP contribution in [-0.4, -0.2) is 85.4 Å². The molecule has 2 fully saturated rings. The summed E-state index contributed by atoms with van der Waals surface area (Å²) in [6.07, 6.45) is 3.46. The van der Waals surface area contributed by atoms with E-state index in [9.17, 15) is 4.79 Å². The standard InChI is InChI=1S/C25H30N8O2/c1-31-10-12-32(13-11-31)22-7-6-21(18-27-22)29-25(34)28-20-4-2-19(3-5-20)24-26-9-8-23(30-24)33-14-16-35-17-15-33/h2-9,18H,10-17H2,1H3,(H2,28,29,34). The van der Waals surface area contributed by atoms with Crippen LogP contribution >= 0.6 is 0 Å². The molecule has 1 aromatic carbocycles. The monoisotopic (exact) mass is 474 g/mol. The lowest BCUT2D eigenvalue weighted by atomic mass is 10.2. The normalized spacial score (nSPS) is 16.7. The Morgan fingerprint density at radius 2 is 1.49 bits per heavy atom. The molecule has 0 atom stereocenters. The van der Waals surface area contributed by atoms with Crippen LogP contribution in [0.2, 0.25) is 0 Å². The van der Waals surface area contributed by atoms with Crippen LogP contribution in [0.4, 0.5) is 27.8 Å². The zero-order valence-corrected chi connectivity index (χ0v) is 19.9. The minimum Gasteiger partial charge on any atom is -0.378 e. The first kappa shape index (κ1) is 23.0.